The maximum Gasteiger partial charge on any atom is 0.305 e. The number of ether oxygens (including phenoxy) is 3. The van der Waals surface area contributed by atoms with Crippen molar-refractivity contribution in [3.63, 3.8) is 0 Å². The van der Waals surface area contributed by atoms with Crippen molar-refractivity contribution < 1.29 is 34.0 Å². The molecule has 0 unspecified atom stereocenters. The van der Waals surface area contributed by atoms with Gasteiger partial charge in [0.2, 0.25) is 5.91 Å². The number of hydrogen-bond donors (Lipinski definition) is 3. The van der Waals surface area contributed by atoms with Gasteiger partial charge in [0.1, 0.15) is 18.2 Å². The Morgan fingerprint density at radius 3 is 2.54 bits per heavy atom. The van der Waals surface area contributed by atoms with Gasteiger partial charge in [-0.25, -0.2) is 0 Å². The first kappa shape index (κ1) is 20.3. The van der Waals surface area contributed by atoms with E-state index in [0.717, 1.165) is 5.56 Å². The van der Waals surface area contributed by atoms with Gasteiger partial charge in [-0.15, -0.1) is 0 Å². The van der Waals surface area contributed by atoms with Crippen molar-refractivity contribution in [1.29, 1.82) is 0 Å². The molecule has 0 bridgehead atoms. The van der Waals surface area contributed by atoms with Crippen molar-refractivity contribution in [2.75, 3.05) is 6.61 Å². The second-order valence-electron chi connectivity index (χ2n) is 6.05. The van der Waals surface area contributed by atoms with Crippen molar-refractivity contribution in [2.45, 2.75) is 57.5 Å². The molecule has 8 nitrogen and oxygen atoms in total. The molecule has 1 aromatic carbocycles. The number of carbonyl (C=O) groups excluding carboxylic acids is 2. The predicted molar refractivity (Wildman–Crippen MR) is 90.8 cm³/mol. The molecule has 0 saturated carbocycles. The van der Waals surface area contributed by atoms with Gasteiger partial charge in [0.25, 0.3) is 0 Å². The summed E-state index contributed by atoms with van der Waals surface area (Å²) in [5, 5.41) is 22.5. The minimum Gasteiger partial charge on any atom is -0.457 e. The van der Waals surface area contributed by atoms with E-state index in [2.05, 4.69) is 5.32 Å². The average molecular weight is 367 g/mol. The molecule has 0 radical (unpaired) electrons. The second kappa shape index (κ2) is 9.63. The van der Waals surface area contributed by atoms with Gasteiger partial charge in [0, 0.05) is 13.3 Å². The topological polar surface area (TPSA) is 114 Å². The first-order chi connectivity index (χ1) is 12.5. The fourth-order valence-corrected chi connectivity index (χ4v) is 2.73. The molecular formula is C18H25NO7. The summed E-state index contributed by atoms with van der Waals surface area (Å²) in [7, 11) is 0. The Bertz CT molecular complexity index is 594. The quantitative estimate of drug-likeness (QED) is 0.586. The third kappa shape index (κ3) is 5.25. The van der Waals surface area contributed by atoms with Crippen LogP contribution < -0.4 is 5.32 Å². The Hall–Kier alpha value is -2.00. The highest BCUT2D eigenvalue weighted by atomic mass is 16.7. The number of aliphatic hydroxyl groups excluding tert-OH is 2. The molecular weight excluding hydrogens is 342 g/mol. The Morgan fingerprint density at radius 1 is 1.27 bits per heavy atom. The van der Waals surface area contributed by atoms with Crippen molar-refractivity contribution >= 4 is 11.9 Å². The zero-order valence-corrected chi connectivity index (χ0v) is 14.8. The Labute approximate surface area is 152 Å². The van der Waals surface area contributed by atoms with Crippen molar-refractivity contribution in [1.82, 2.24) is 5.32 Å². The van der Waals surface area contributed by atoms with Crippen LogP contribution in [-0.4, -0.2) is 59.3 Å². The summed E-state index contributed by atoms with van der Waals surface area (Å²) in [6.07, 6.45) is -4.30. The van der Waals surface area contributed by atoms with Crippen LogP contribution in [0.5, 0.6) is 0 Å². The molecule has 0 aliphatic carbocycles. The van der Waals surface area contributed by atoms with E-state index in [0.29, 0.717) is 0 Å². The number of amides is 1. The van der Waals surface area contributed by atoms with Gasteiger partial charge < -0.3 is 29.7 Å². The summed E-state index contributed by atoms with van der Waals surface area (Å²) < 4.78 is 16.7. The third-order valence-electron chi connectivity index (χ3n) is 4.04. The standard InChI is InChI=1S/C18H25NO7/c1-3-14(22)26-17-15(19-11(2)21)18(25-13(9-20)16(17)23)24-10-12-7-5-4-6-8-12/h4-8,13,15-18,20,23H,3,9-10H2,1-2H3,(H,19,21)/t13-,15+,16-,17-,18-/m1/s1. The lowest BCUT2D eigenvalue weighted by Crippen LogP contribution is -2.65. The average Bonchev–Trinajstić information content (AvgIpc) is 2.64. The number of carbonyl (C=O) groups is 2. The summed E-state index contributed by atoms with van der Waals surface area (Å²) in [5.74, 6) is -0.927. The fraction of sp³-hybridized carbons (Fsp3) is 0.556. The molecule has 1 fully saturated rings. The van der Waals surface area contributed by atoms with Gasteiger partial charge >= 0.3 is 5.97 Å². The number of benzene rings is 1. The van der Waals surface area contributed by atoms with Crippen LogP contribution in [0, 0.1) is 0 Å². The molecule has 26 heavy (non-hydrogen) atoms. The van der Waals surface area contributed by atoms with Crippen LogP contribution in [-0.2, 0) is 30.4 Å². The first-order valence-corrected chi connectivity index (χ1v) is 8.52. The SMILES string of the molecule is CCC(=O)O[C@H]1[C@H](O)[C@@H](CO)O[C@@H](OCc2ccccc2)[C@H]1NC(C)=O. The zero-order chi connectivity index (χ0) is 19.1. The summed E-state index contributed by atoms with van der Waals surface area (Å²) in [4.78, 5) is 23.3. The van der Waals surface area contributed by atoms with E-state index in [1.807, 2.05) is 30.3 Å². The molecule has 8 heteroatoms. The molecule has 1 saturated heterocycles. The molecule has 1 amide bonds. The van der Waals surface area contributed by atoms with Gasteiger partial charge in [0.05, 0.1) is 13.2 Å². The lowest BCUT2D eigenvalue weighted by atomic mass is 9.96. The number of rotatable bonds is 7. The summed E-state index contributed by atoms with van der Waals surface area (Å²) >= 11 is 0. The lowest BCUT2D eigenvalue weighted by Gasteiger charge is -2.43. The van der Waals surface area contributed by atoms with E-state index in [4.69, 9.17) is 14.2 Å². The molecule has 3 N–H and O–H groups in total. The van der Waals surface area contributed by atoms with E-state index >= 15 is 0 Å². The summed E-state index contributed by atoms with van der Waals surface area (Å²) in [6, 6.07) is 8.41. The van der Waals surface area contributed by atoms with Crippen LogP contribution >= 0.6 is 0 Å². The minimum atomic E-state index is -1.30. The fourth-order valence-electron chi connectivity index (χ4n) is 2.73. The minimum absolute atomic E-state index is 0.107. The summed E-state index contributed by atoms with van der Waals surface area (Å²) in [5.41, 5.74) is 0.881. The third-order valence-corrected chi connectivity index (χ3v) is 4.04. The number of esters is 1. The molecule has 1 aliphatic heterocycles. The van der Waals surface area contributed by atoms with Crippen LogP contribution in [0.25, 0.3) is 0 Å². The van der Waals surface area contributed by atoms with Crippen molar-refractivity contribution in [3.8, 4) is 0 Å². The van der Waals surface area contributed by atoms with E-state index in [1.165, 1.54) is 6.92 Å². The van der Waals surface area contributed by atoms with Gasteiger partial charge in [-0.1, -0.05) is 37.3 Å². The number of aliphatic hydroxyl groups is 2. The van der Waals surface area contributed by atoms with E-state index < -0.39 is 43.2 Å². The lowest BCUT2D eigenvalue weighted by molar-refractivity contribution is -0.276. The van der Waals surface area contributed by atoms with Crippen LogP contribution in [0.1, 0.15) is 25.8 Å². The first-order valence-electron chi connectivity index (χ1n) is 8.52. The maximum absolute atomic E-state index is 11.7. The number of nitrogens with one attached hydrogen (secondary N) is 1. The van der Waals surface area contributed by atoms with Gasteiger partial charge in [-0.05, 0) is 5.56 Å². The smallest absolute Gasteiger partial charge is 0.305 e. The van der Waals surface area contributed by atoms with Gasteiger partial charge in [-0.2, -0.15) is 0 Å². The maximum atomic E-state index is 11.7. The van der Waals surface area contributed by atoms with Crippen LogP contribution in [0.2, 0.25) is 0 Å². The molecule has 1 heterocycles. The Kier molecular flexibility index (Phi) is 7.52. The summed E-state index contributed by atoms with van der Waals surface area (Å²) in [6.45, 7) is 2.62. The Morgan fingerprint density at radius 2 is 1.96 bits per heavy atom. The normalized spacial score (nSPS) is 28.4. The van der Waals surface area contributed by atoms with Crippen LogP contribution in [0.4, 0.5) is 0 Å². The molecule has 0 spiro atoms. The van der Waals surface area contributed by atoms with Crippen LogP contribution in [0.3, 0.4) is 0 Å². The van der Waals surface area contributed by atoms with Gasteiger partial charge in [0.15, 0.2) is 12.4 Å². The van der Waals surface area contributed by atoms with Gasteiger partial charge in [-0.3, -0.25) is 9.59 Å². The molecule has 1 aliphatic rings. The van der Waals surface area contributed by atoms with Crippen molar-refractivity contribution in [2.24, 2.45) is 0 Å². The highest BCUT2D eigenvalue weighted by Crippen LogP contribution is 2.25. The van der Waals surface area contributed by atoms with Crippen LogP contribution in [0.15, 0.2) is 30.3 Å². The Balaban J connectivity index is 2.20. The second-order valence-corrected chi connectivity index (χ2v) is 6.05. The monoisotopic (exact) mass is 367 g/mol. The highest BCUT2D eigenvalue weighted by Gasteiger charge is 2.48. The highest BCUT2D eigenvalue weighted by molar-refractivity contribution is 5.73. The number of hydrogen-bond acceptors (Lipinski definition) is 7. The van der Waals surface area contributed by atoms with E-state index in [-0.39, 0.29) is 18.9 Å². The molecule has 1 aromatic rings. The molecule has 0 aromatic heterocycles. The zero-order valence-electron chi connectivity index (χ0n) is 14.8. The van der Waals surface area contributed by atoms with Crippen molar-refractivity contribution in [3.05, 3.63) is 35.9 Å². The predicted octanol–water partition coefficient (Wildman–Crippen LogP) is 0.108. The van der Waals surface area contributed by atoms with E-state index in [9.17, 15) is 19.8 Å². The molecule has 5 atom stereocenters. The molecule has 2 rings (SSSR count). The van der Waals surface area contributed by atoms with E-state index in [1.54, 1.807) is 6.92 Å². The largest absolute Gasteiger partial charge is 0.457 e. The molecule has 144 valence electrons.